The minimum absolute atomic E-state index is 0.0157. The summed E-state index contributed by atoms with van der Waals surface area (Å²) in [6.45, 7) is 0. The first kappa shape index (κ1) is 15.0. The molecular weight excluding hydrogens is 312 g/mol. The zero-order valence-electron chi connectivity index (χ0n) is 11.9. The van der Waals surface area contributed by atoms with E-state index in [9.17, 15) is 8.42 Å². The average molecular weight is 324 g/mol. The zero-order valence-corrected chi connectivity index (χ0v) is 12.7. The van der Waals surface area contributed by atoms with Gasteiger partial charge in [0.05, 0.1) is 10.4 Å². The molecule has 1 heterocycles. The maximum Gasteiger partial charge on any atom is 0.238 e. The molecule has 0 radical (unpaired) electrons. The lowest BCUT2D eigenvalue weighted by Gasteiger charge is -2.07. The van der Waals surface area contributed by atoms with Gasteiger partial charge in [-0.2, -0.15) is 0 Å². The Hall–Kier alpha value is -2.95. The van der Waals surface area contributed by atoms with Crippen LogP contribution < -0.4 is 10.5 Å². The second-order valence-electron chi connectivity index (χ2n) is 4.81. The number of nitrogens with zero attached hydrogens (tertiary/aromatic N) is 2. The normalized spacial score (nSPS) is 11.1. The molecule has 1 aromatic heterocycles. The van der Waals surface area contributed by atoms with E-state index < -0.39 is 10.0 Å². The fourth-order valence-corrected chi connectivity index (χ4v) is 2.62. The van der Waals surface area contributed by atoms with Crippen molar-refractivity contribution in [2.75, 3.05) is 5.32 Å². The number of hydrogen-bond acceptors (Lipinski definition) is 5. The first-order chi connectivity index (χ1) is 11.0. The van der Waals surface area contributed by atoms with Crippen molar-refractivity contribution < 1.29 is 8.42 Å². The Morgan fingerprint density at radius 1 is 1.17 bits per heavy atom. The summed E-state index contributed by atoms with van der Waals surface area (Å²) in [4.78, 5) is 8.58. The van der Waals surface area contributed by atoms with Crippen LogP contribution in [0.4, 0.5) is 11.6 Å². The molecule has 114 valence electrons. The average Bonchev–Trinajstić information content (AvgIpc) is 2.54. The molecule has 0 atom stereocenters. The Kier molecular flexibility index (Phi) is 3.70. The van der Waals surface area contributed by atoms with Gasteiger partial charge in [-0.1, -0.05) is 12.0 Å². The fraction of sp³-hybridized carbons (Fsp3) is 0. The van der Waals surface area contributed by atoms with E-state index >= 15 is 0 Å². The highest BCUT2D eigenvalue weighted by molar-refractivity contribution is 7.89. The Labute approximate surface area is 133 Å². The van der Waals surface area contributed by atoms with Crippen LogP contribution >= 0.6 is 0 Å². The summed E-state index contributed by atoms with van der Waals surface area (Å²) >= 11 is 0. The van der Waals surface area contributed by atoms with Gasteiger partial charge in [0.1, 0.15) is 0 Å². The van der Waals surface area contributed by atoms with Crippen LogP contribution in [-0.4, -0.2) is 18.4 Å². The van der Waals surface area contributed by atoms with Crippen LogP contribution in [0.1, 0.15) is 5.56 Å². The molecular formula is C16H12N4O2S. The maximum absolute atomic E-state index is 11.4. The van der Waals surface area contributed by atoms with Gasteiger partial charge in [-0.25, -0.2) is 23.5 Å². The fourth-order valence-electron chi connectivity index (χ4n) is 2.06. The Morgan fingerprint density at radius 3 is 2.74 bits per heavy atom. The van der Waals surface area contributed by atoms with E-state index in [4.69, 9.17) is 11.6 Å². The summed E-state index contributed by atoms with van der Waals surface area (Å²) in [5.41, 5.74) is 2.00. The van der Waals surface area contributed by atoms with Gasteiger partial charge in [0.15, 0.2) is 0 Å². The van der Waals surface area contributed by atoms with Gasteiger partial charge in [-0.15, -0.1) is 6.42 Å². The van der Waals surface area contributed by atoms with Crippen molar-refractivity contribution in [3.05, 3.63) is 54.2 Å². The first-order valence-corrected chi connectivity index (χ1v) is 8.14. The van der Waals surface area contributed by atoms with Crippen LogP contribution in [0.2, 0.25) is 0 Å². The number of primary sulfonamides is 1. The summed E-state index contributed by atoms with van der Waals surface area (Å²) in [5, 5.41) is 8.90. The van der Waals surface area contributed by atoms with E-state index in [0.717, 1.165) is 16.5 Å². The summed E-state index contributed by atoms with van der Waals surface area (Å²) < 4.78 is 22.8. The monoisotopic (exact) mass is 324 g/mol. The number of terminal acetylenes is 1. The molecule has 0 amide bonds. The number of nitrogens with one attached hydrogen (secondary N) is 1. The smallest absolute Gasteiger partial charge is 0.238 e. The standard InChI is InChI=1S/C16H12N4O2S/c1-2-11-6-7-15-12(8-11)10-18-16(20-15)19-13-4-3-5-14(9-13)23(17,21)22/h1,3-10H,(H2,17,21,22)(H,18,19,20). The predicted octanol–water partition coefficient (Wildman–Crippen LogP) is 2.00. The number of nitrogens with two attached hydrogens (primary N) is 1. The second-order valence-corrected chi connectivity index (χ2v) is 6.37. The van der Waals surface area contributed by atoms with Crippen LogP contribution in [0.3, 0.4) is 0 Å². The van der Waals surface area contributed by atoms with Crippen molar-refractivity contribution in [3.63, 3.8) is 0 Å². The zero-order chi connectivity index (χ0) is 16.4. The molecule has 0 saturated heterocycles. The Bertz CT molecular complexity index is 1040. The van der Waals surface area contributed by atoms with E-state index in [1.807, 2.05) is 6.07 Å². The molecule has 0 spiro atoms. The SMILES string of the molecule is C#Cc1ccc2nc(Nc3cccc(S(N)(=O)=O)c3)ncc2c1. The number of rotatable bonds is 3. The lowest BCUT2D eigenvalue weighted by molar-refractivity contribution is 0.598. The lowest BCUT2D eigenvalue weighted by Crippen LogP contribution is -2.12. The van der Waals surface area contributed by atoms with E-state index in [1.54, 1.807) is 30.5 Å². The summed E-state index contributed by atoms with van der Waals surface area (Å²) in [5.74, 6) is 2.90. The molecule has 23 heavy (non-hydrogen) atoms. The second kappa shape index (κ2) is 5.68. The molecule has 6 nitrogen and oxygen atoms in total. The molecule has 3 N–H and O–H groups in total. The molecule has 0 aliphatic heterocycles. The largest absolute Gasteiger partial charge is 0.324 e. The highest BCUT2D eigenvalue weighted by atomic mass is 32.2. The van der Waals surface area contributed by atoms with Crippen LogP contribution in [0.5, 0.6) is 0 Å². The van der Waals surface area contributed by atoms with Crippen molar-refractivity contribution in [2.45, 2.75) is 4.90 Å². The first-order valence-electron chi connectivity index (χ1n) is 6.59. The third kappa shape index (κ3) is 3.29. The van der Waals surface area contributed by atoms with E-state index in [0.29, 0.717) is 11.6 Å². The summed E-state index contributed by atoms with van der Waals surface area (Å²) in [7, 11) is -3.76. The van der Waals surface area contributed by atoms with E-state index in [-0.39, 0.29) is 4.90 Å². The van der Waals surface area contributed by atoms with Crippen LogP contribution in [-0.2, 0) is 10.0 Å². The van der Waals surface area contributed by atoms with Gasteiger partial charge in [0.2, 0.25) is 16.0 Å². The van der Waals surface area contributed by atoms with Gasteiger partial charge < -0.3 is 5.32 Å². The van der Waals surface area contributed by atoms with Crippen molar-refractivity contribution in [1.29, 1.82) is 0 Å². The van der Waals surface area contributed by atoms with Crippen molar-refractivity contribution in [1.82, 2.24) is 9.97 Å². The molecule has 7 heteroatoms. The molecule has 0 bridgehead atoms. The third-order valence-corrected chi connectivity index (χ3v) is 4.08. The number of benzene rings is 2. The topological polar surface area (TPSA) is 98.0 Å². The van der Waals surface area contributed by atoms with Gasteiger partial charge in [0.25, 0.3) is 0 Å². The highest BCUT2D eigenvalue weighted by Crippen LogP contribution is 2.19. The number of anilines is 2. The molecule has 0 aliphatic rings. The molecule has 2 aromatic carbocycles. The van der Waals surface area contributed by atoms with Gasteiger partial charge in [-0.3, -0.25) is 0 Å². The quantitative estimate of drug-likeness (QED) is 0.718. The molecule has 0 aliphatic carbocycles. The predicted molar refractivity (Wildman–Crippen MR) is 88.6 cm³/mol. The summed E-state index contributed by atoms with van der Waals surface area (Å²) in [6.07, 6.45) is 7.01. The minimum Gasteiger partial charge on any atom is -0.324 e. The number of aromatic nitrogens is 2. The van der Waals surface area contributed by atoms with Crippen molar-refractivity contribution in [3.8, 4) is 12.3 Å². The number of sulfonamides is 1. The number of fused-ring (bicyclic) bond motifs is 1. The van der Waals surface area contributed by atoms with Crippen LogP contribution in [0.25, 0.3) is 10.9 Å². The highest BCUT2D eigenvalue weighted by Gasteiger charge is 2.08. The molecule has 0 fully saturated rings. The molecule has 0 unspecified atom stereocenters. The molecule has 0 saturated carbocycles. The van der Waals surface area contributed by atoms with Crippen LogP contribution in [0.15, 0.2) is 53.6 Å². The van der Waals surface area contributed by atoms with Crippen LogP contribution in [0, 0.1) is 12.3 Å². The van der Waals surface area contributed by atoms with Crippen molar-refractivity contribution in [2.24, 2.45) is 5.14 Å². The Balaban J connectivity index is 1.94. The minimum atomic E-state index is -3.76. The third-order valence-electron chi connectivity index (χ3n) is 3.17. The van der Waals surface area contributed by atoms with E-state index in [2.05, 4.69) is 21.2 Å². The summed E-state index contributed by atoms with van der Waals surface area (Å²) in [6, 6.07) is 11.5. The van der Waals surface area contributed by atoms with Gasteiger partial charge in [-0.05, 0) is 36.4 Å². The maximum atomic E-state index is 11.4. The van der Waals surface area contributed by atoms with Gasteiger partial charge in [0, 0.05) is 22.8 Å². The molecule has 3 aromatic rings. The van der Waals surface area contributed by atoms with Gasteiger partial charge >= 0.3 is 0 Å². The lowest BCUT2D eigenvalue weighted by atomic mass is 10.1. The van der Waals surface area contributed by atoms with E-state index in [1.165, 1.54) is 12.1 Å². The number of hydrogen-bond donors (Lipinski definition) is 2. The Morgan fingerprint density at radius 2 is 2.00 bits per heavy atom. The molecule has 3 rings (SSSR count). The van der Waals surface area contributed by atoms with Crippen molar-refractivity contribution >= 4 is 32.6 Å².